The first-order valence-corrected chi connectivity index (χ1v) is 6.86. The summed E-state index contributed by atoms with van der Waals surface area (Å²) in [4.78, 5) is 0.585. The van der Waals surface area contributed by atoms with E-state index in [1.54, 1.807) is 18.2 Å². The van der Waals surface area contributed by atoms with Crippen molar-refractivity contribution in [2.75, 3.05) is 24.7 Å². The number of anilines is 1. The molecule has 0 aliphatic rings. The van der Waals surface area contributed by atoms with Crippen LogP contribution in [0, 0.1) is 0 Å². The van der Waals surface area contributed by atoms with Gasteiger partial charge in [0, 0.05) is 12.3 Å². The van der Waals surface area contributed by atoms with Gasteiger partial charge in [-0.3, -0.25) is 4.21 Å². The fourth-order valence-corrected chi connectivity index (χ4v) is 2.60. The normalized spacial score (nSPS) is 12.6. The van der Waals surface area contributed by atoms with Crippen LogP contribution in [0.2, 0.25) is 5.02 Å². The monoisotopic (exact) mass is 261 g/mol. The Balaban J connectivity index is 2.55. The zero-order valence-corrected chi connectivity index (χ0v) is 10.8. The molecule has 0 saturated heterocycles. The maximum Gasteiger partial charge on any atom is 0.0595 e. The summed E-state index contributed by atoms with van der Waals surface area (Å²) in [7, 11) is -1.15. The van der Waals surface area contributed by atoms with Crippen molar-refractivity contribution in [3.63, 3.8) is 0 Å². The highest BCUT2D eigenvalue weighted by atomic mass is 35.5. The summed E-state index contributed by atoms with van der Waals surface area (Å²) >= 11 is 5.94. The smallest absolute Gasteiger partial charge is 0.0595 e. The maximum atomic E-state index is 11.9. The fraction of sp³-hybridized carbons (Fsp3) is 0.455. The van der Waals surface area contributed by atoms with Crippen molar-refractivity contribution in [3.05, 3.63) is 23.2 Å². The van der Waals surface area contributed by atoms with E-state index in [1.807, 2.05) is 6.92 Å². The van der Waals surface area contributed by atoms with Crippen molar-refractivity contribution in [1.82, 2.24) is 0 Å². The number of ether oxygens (including phenoxy) is 1. The van der Waals surface area contributed by atoms with E-state index in [9.17, 15) is 4.21 Å². The quantitative estimate of drug-likeness (QED) is 0.632. The van der Waals surface area contributed by atoms with Gasteiger partial charge >= 0.3 is 0 Å². The summed E-state index contributed by atoms with van der Waals surface area (Å²) in [5.74, 6) is 0.448. The molecular formula is C11H16ClNO2S. The van der Waals surface area contributed by atoms with E-state index in [-0.39, 0.29) is 0 Å². The van der Waals surface area contributed by atoms with E-state index in [0.717, 1.165) is 6.42 Å². The molecule has 1 rings (SSSR count). The summed E-state index contributed by atoms with van der Waals surface area (Å²) in [5.41, 5.74) is 6.19. The lowest BCUT2D eigenvalue weighted by Crippen LogP contribution is -2.07. The lowest BCUT2D eigenvalue weighted by molar-refractivity contribution is 0.150. The highest BCUT2D eigenvalue weighted by molar-refractivity contribution is 7.85. The Morgan fingerprint density at radius 2 is 2.19 bits per heavy atom. The molecule has 90 valence electrons. The van der Waals surface area contributed by atoms with E-state index in [4.69, 9.17) is 22.1 Å². The second-order valence-corrected chi connectivity index (χ2v) is 5.30. The molecular weight excluding hydrogens is 246 g/mol. The van der Waals surface area contributed by atoms with Crippen molar-refractivity contribution < 1.29 is 8.95 Å². The second-order valence-electron chi connectivity index (χ2n) is 3.35. The molecule has 0 aliphatic heterocycles. The van der Waals surface area contributed by atoms with Gasteiger partial charge in [-0.25, -0.2) is 0 Å². The van der Waals surface area contributed by atoms with Crippen molar-refractivity contribution in [2.24, 2.45) is 0 Å². The lowest BCUT2D eigenvalue weighted by atomic mass is 10.3. The Bertz CT molecular complexity index is 371. The van der Waals surface area contributed by atoms with Gasteiger partial charge in [0.15, 0.2) is 0 Å². The van der Waals surface area contributed by atoms with Crippen LogP contribution in [-0.4, -0.2) is 23.2 Å². The van der Waals surface area contributed by atoms with Gasteiger partial charge in [0.1, 0.15) is 0 Å². The molecule has 0 bridgehead atoms. The van der Waals surface area contributed by atoms with Crippen LogP contribution in [0.5, 0.6) is 0 Å². The average molecular weight is 262 g/mol. The van der Waals surface area contributed by atoms with Gasteiger partial charge in [-0.15, -0.1) is 0 Å². The lowest BCUT2D eigenvalue weighted by Gasteiger charge is -2.06. The van der Waals surface area contributed by atoms with Crippen LogP contribution in [0.15, 0.2) is 23.1 Å². The molecule has 0 fully saturated rings. The highest BCUT2D eigenvalue weighted by Crippen LogP contribution is 2.22. The first-order valence-electron chi connectivity index (χ1n) is 5.16. The Hall–Kier alpha value is -0.580. The predicted molar refractivity (Wildman–Crippen MR) is 68.2 cm³/mol. The van der Waals surface area contributed by atoms with Crippen LogP contribution in [0.4, 0.5) is 5.69 Å². The number of hydrogen-bond donors (Lipinski definition) is 1. The summed E-state index contributed by atoms with van der Waals surface area (Å²) in [6, 6.07) is 5.01. The van der Waals surface area contributed by atoms with Crippen molar-refractivity contribution in [3.8, 4) is 0 Å². The number of rotatable bonds is 6. The maximum absolute atomic E-state index is 11.9. The average Bonchev–Trinajstić information content (AvgIpc) is 2.27. The SMILES string of the molecule is CCCOCCS(=O)c1cc(N)ccc1Cl. The van der Waals surface area contributed by atoms with E-state index >= 15 is 0 Å². The zero-order valence-electron chi connectivity index (χ0n) is 9.24. The Labute approximate surface area is 103 Å². The molecule has 0 aliphatic carbocycles. The summed E-state index contributed by atoms with van der Waals surface area (Å²) in [6.07, 6.45) is 0.964. The molecule has 1 aromatic rings. The molecule has 2 N–H and O–H groups in total. The summed E-state index contributed by atoms with van der Waals surface area (Å²) < 4.78 is 17.1. The molecule has 0 aromatic heterocycles. The van der Waals surface area contributed by atoms with Crippen LogP contribution in [0.25, 0.3) is 0 Å². The largest absolute Gasteiger partial charge is 0.399 e. The first kappa shape index (κ1) is 13.5. The van der Waals surface area contributed by atoms with Crippen molar-refractivity contribution in [2.45, 2.75) is 18.2 Å². The third-order valence-electron chi connectivity index (χ3n) is 1.96. The van der Waals surface area contributed by atoms with Crippen molar-refractivity contribution >= 4 is 28.1 Å². The molecule has 1 unspecified atom stereocenters. The minimum absolute atomic E-state index is 0.448. The molecule has 3 nitrogen and oxygen atoms in total. The zero-order chi connectivity index (χ0) is 12.0. The highest BCUT2D eigenvalue weighted by Gasteiger charge is 2.08. The van der Waals surface area contributed by atoms with E-state index < -0.39 is 10.8 Å². The Kier molecular flexibility index (Phi) is 5.80. The number of benzene rings is 1. The van der Waals surface area contributed by atoms with Crippen LogP contribution < -0.4 is 5.73 Å². The minimum atomic E-state index is -1.15. The molecule has 0 spiro atoms. The van der Waals surface area contributed by atoms with Gasteiger partial charge in [-0.1, -0.05) is 18.5 Å². The van der Waals surface area contributed by atoms with Crippen LogP contribution >= 0.6 is 11.6 Å². The summed E-state index contributed by atoms with van der Waals surface area (Å²) in [5, 5.41) is 0.489. The van der Waals surface area contributed by atoms with Gasteiger partial charge in [-0.2, -0.15) is 0 Å². The fourth-order valence-electron chi connectivity index (χ4n) is 1.19. The van der Waals surface area contributed by atoms with Gasteiger partial charge in [0.25, 0.3) is 0 Å². The van der Waals surface area contributed by atoms with Gasteiger partial charge in [0.05, 0.1) is 33.1 Å². The van der Waals surface area contributed by atoms with Gasteiger partial charge < -0.3 is 10.5 Å². The van der Waals surface area contributed by atoms with E-state index in [2.05, 4.69) is 0 Å². The van der Waals surface area contributed by atoms with Gasteiger partial charge in [0.2, 0.25) is 0 Å². The number of halogens is 1. The molecule has 1 aromatic carbocycles. The molecule has 1 atom stereocenters. The minimum Gasteiger partial charge on any atom is -0.399 e. The van der Waals surface area contributed by atoms with Gasteiger partial charge in [-0.05, 0) is 24.6 Å². The number of hydrogen-bond acceptors (Lipinski definition) is 3. The van der Waals surface area contributed by atoms with E-state index in [0.29, 0.717) is 34.6 Å². The third-order valence-corrected chi connectivity index (χ3v) is 3.77. The van der Waals surface area contributed by atoms with Crippen LogP contribution in [0.1, 0.15) is 13.3 Å². The molecule has 16 heavy (non-hydrogen) atoms. The molecule has 0 heterocycles. The molecule has 0 amide bonds. The predicted octanol–water partition coefficient (Wildman–Crippen LogP) is 2.46. The second kappa shape index (κ2) is 6.89. The van der Waals surface area contributed by atoms with Crippen LogP contribution in [-0.2, 0) is 15.5 Å². The van der Waals surface area contributed by atoms with Crippen LogP contribution in [0.3, 0.4) is 0 Å². The summed E-state index contributed by atoms with van der Waals surface area (Å²) in [6.45, 7) is 3.21. The number of nitrogen functional groups attached to an aromatic ring is 1. The first-order chi connectivity index (χ1) is 7.65. The number of nitrogens with two attached hydrogens (primary N) is 1. The Morgan fingerprint density at radius 1 is 1.44 bits per heavy atom. The third kappa shape index (κ3) is 4.12. The standard InChI is InChI=1S/C11H16ClNO2S/c1-2-5-15-6-7-16(14)11-8-9(13)3-4-10(11)12/h3-4,8H,2,5-7,13H2,1H3. The Morgan fingerprint density at radius 3 is 2.88 bits per heavy atom. The molecule has 0 saturated carbocycles. The van der Waals surface area contributed by atoms with E-state index in [1.165, 1.54) is 0 Å². The van der Waals surface area contributed by atoms with Crippen molar-refractivity contribution in [1.29, 1.82) is 0 Å². The molecule has 0 radical (unpaired) electrons. The molecule has 5 heteroatoms. The topological polar surface area (TPSA) is 52.3 Å².